The largest absolute Gasteiger partial charge is 0.355 e. The Morgan fingerprint density at radius 3 is 2.60 bits per heavy atom. The highest BCUT2D eigenvalue weighted by Crippen LogP contribution is 2.44. The fourth-order valence-electron chi connectivity index (χ4n) is 8.74. The highest BCUT2D eigenvalue weighted by Gasteiger charge is 2.53. The summed E-state index contributed by atoms with van der Waals surface area (Å²) in [5.41, 5.74) is 3.81. The highest BCUT2D eigenvalue weighted by molar-refractivity contribution is 6.30. The number of benzene rings is 2. The van der Waals surface area contributed by atoms with Crippen LogP contribution in [-0.2, 0) is 30.5 Å². The number of hydrogen-bond acceptors (Lipinski definition) is 9. The normalized spacial score (nSPS) is 22.5. The molecule has 3 N–H and O–H groups in total. The number of amides is 6. The lowest BCUT2D eigenvalue weighted by molar-refractivity contribution is -0.137. The summed E-state index contributed by atoms with van der Waals surface area (Å²) in [7, 11) is 0. The van der Waals surface area contributed by atoms with Gasteiger partial charge in [0.2, 0.25) is 29.5 Å². The Labute approximate surface area is 341 Å². The van der Waals surface area contributed by atoms with E-state index in [1.54, 1.807) is 24.3 Å². The number of piperazine rings is 1. The summed E-state index contributed by atoms with van der Waals surface area (Å²) in [6.45, 7) is 3.56. The number of halogens is 1. The van der Waals surface area contributed by atoms with Crippen molar-refractivity contribution in [1.29, 1.82) is 0 Å². The molecule has 0 bridgehead atoms. The molecule has 14 nitrogen and oxygen atoms in total. The van der Waals surface area contributed by atoms with Crippen LogP contribution in [-0.4, -0.2) is 93.0 Å². The zero-order chi connectivity index (χ0) is 40.5. The predicted molar refractivity (Wildman–Crippen MR) is 215 cm³/mol. The van der Waals surface area contributed by atoms with Crippen LogP contribution < -0.4 is 20.9 Å². The number of carbonyl (C=O) groups is 6. The van der Waals surface area contributed by atoms with Crippen LogP contribution in [0.3, 0.4) is 0 Å². The van der Waals surface area contributed by atoms with Gasteiger partial charge in [0, 0.05) is 73.6 Å². The lowest BCUT2D eigenvalue weighted by Gasteiger charge is -2.38. The average Bonchev–Trinajstić information content (AvgIpc) is 3.94. The molecule has 0 spiro atoms. The third-order valence-corrected chi connectivity index (χ3v) is 12.1. The van der Waals surface area contributed by atoms with Crippen LogP contribution in [0.1, 0.15) is 109 Å². The van der Waals surface area contributed by atoms with Crippen molar-refractivity contribution in [2.24, 2.45) is 0 Å². The number of imide groups is 1. The van der Waals surface area contributed by atoms with Gasteiger partial charge in [0.05, 0.1) is 18.0 Å². The van der Waals surface area contributed by atoms with Crippen LogP contribution in [0, 0.1) is 11.8 Å². The summed E-state index contributed by atoms with van der Waals surface area (Å²) in [5.74, 6) is 6.01. The smallest absolute Gasteiger partial charge is 0.255 e. The molecule has 5 heterocycles. The zero-order valence-electron chi connectivity index (χ0n) is 32.3. The molecule has 3 fully saturated rings. The molecule has 1 aromatic heterocycles. The van der Waals surface area contributed by atoms with Crippen molar-refractivity contribution >= 4 is 58.7 Å². The fraction of sp³-hybridized carbons (Fsp3) is 0.442. The molecule has 5 atom stereocenters. The van der Waals surface area contributed by atoms with Gasteiger partial charge in [0.15, 0.2) is 0 Å². The number of anilines is 2. The summed E-state index contributed by atoms with van der Waals surface area (Å²) >= 11 is 6.20. The number of unbranched alkanes of at least 4 members (excludes halogenated alkanes) is 3. The van der Waals surface area contributed by atoms with E-state index in [1.165, 1.54) is 11.2 Å². The summed E-state index contributed by atoms with van der Waals surface area (Å²) < 4.78 is 0. The van der Waals surface area contributed by atoms with Gasteiger partial charge in [-0.25, -0.2) is 9.97 Å². The summed E-state index contributed by atoms with van der Waals surface area (Å²) in [6.07, 6.45) is 6.38. The summed E-state index contributed by atoms with van der Waals surface area (Å²) in [5, 5.41) is 8.80. The van der Waals surface area contributed by atoms with Crippen LogP contribution in [0.4, 0.5) is 11.6 Å². The number of nitrogens with one attached hydrogen (secondary N) is 3. The molecule has 15 heteroatoms. The van der Waals surface area contributed by atoms with Crippen LogP contribution in [0.15, 0.2) is 48.8 Å². The molecule has 1 saturated carbocycles. The Balaban J connectivity index is 0.819. The van der Waals surface area contributed by atoms with Gasteiger partial charge in [0.25, 0.3) is 5.91 Å². The van der Waals surface area contributed by atoms with Crippen molar-refractivity contribution in [3.05, 3.63) is 81.6 Å². The maximum atomic E-state index is 14.2. The summed E-state index contributed by atoms with van der Waals surface area (Å²) in [6, 6.07) is 12.1. The number of hydrogen-bond donors (Lipinski definition) is 3. The van der Waals surface area contributed by atoms with E-state index in [1.807, 2.05) is 30.0 Å². The minimum absolute atomic E-state index is 0.0128. The van der Waals surface area contributed by atoms with E-state index < -0.39 is 17.9 Å². The molecule has 8 rings (SSSR count). The maximum absolute atomic E-state index is 14.2. The second-order valence-electron chi connectivity index (χ2n) is 15.7. The number of piperidine rings is 1. The molecule has 2 aromatic carbocycles. The third-order valence-electron chi connectivity index (χ3n) is 11.9. The standard InChI is InChI=1S/C43H45ClN8O6/c1-25-20-37(55)48-39-38(25)40(47-24-46-39)50-18-19-51(34-21-33(34)50)43(58)30(27-12-14-28(44)15-13-27)22-45-35(53)11-6-4-2-3-5-8-26-9-7-10-29-31(26)23-52(42(29)57)32-16-17-36(54)49-41(32)56/h7,9-10,12-15,24-25,30,32-34H,2-4,6,11,16-23H2,1H3,(H,45,53)(H,49,54,56)(H,46,47,48,55)/t25-,30-,32?,33+,34-/m1/s1. The van der Waals surface area contributed by atoms with Crippen LogP contribution in [0.2, 0.25) is 5.02 Å². The van der Waals surface area contributed by atoms with Gasteiger partial charge in [-0.3, -0.25) is 34.1 Å². The van der Waals surface area contributed by atoms with E-state index in [-0.39, 0.29) is 67.0 Å². The number of carbonyl (C=O) groups excluding carboxylic acids is 6. The third kappa shape index (κ3) is 8.00. The minimum Gasteiger partial charge on any atom is -0.355 e. The molecule has 300 valence electrons. The highest BCUT2D eigenvalue weighted by atomic mass is 35.5. The van der Waals surface area contributed by atoms with Gasteiger partial charge < -0.3 is 25.3 Å². The SMILES string of the molecule is C[C@@H]1CC(=O)Nc2ncnc(N3CCN(C(=O)[C@H](CNC(=O)CCCCCC#Cc4cccc5c4CN(C4CCC(=O)NC4=O)C5=O)c4ccc(Cl)cc4)[C@@H]4C[C@@H]43)c21. The molecule has 2 saturated heterocycles. The van der Waals surface area contributed by atoms with Crippen molar-refractivity contribution in [2.75, 3.05) is 29.9 Å². The van der Waals surface area contributed by atoms with E-state index in [0.717, 1.165) is 47.3 Å². The van der Waals surface area contributed by atoms with Gasteiger partial charge >= 0.3 is 0 Å². The van der Waals surface area contributed by atoms with Gasteiger partial charge in [-0.05, 0) is 67.0 Å². The molecule has 58 heavy (non-hydrogen) atoms. The number of aromatic nitrogens is 2. The molecule has 3 aromatic rings. The van der Waals surface area contributed by atoms with Crippen molar-refractivity contribution in [2.45, 2.75) is 101 Å². The first-order valence-corrected chi connectivity index (χ1v) is 20.4. The fourth-order valence-corrected chi connectivity index (χ4v) is 8.86. The van der Waals surface area contributed by atoms with E-state index in [9.17, 15) is 28.8 Å². The first-order chi connectivity index (χ1) is 28.1. The number of fused-ring (bicyclic) bond motifs is 3. The molecule has 0 radical (unpaired) electrons. The quantitative estimate of drug-likeness (QED) is 0.147. The Morgan fingerprint density at radius 1 is 0.966 bits per heavy atom. The van der Waals surface area contributed by atoms with E-state index in [2.05, 4.69) is 42.7 Å². The zero-order valence-corrected chi connectivity index (χ0v) is 33.0. The van der Waals surface area contributed by atoms with Crippen molar-refractivity contribution in [3.63, 3.8) is 0 Å². The van der Waals surface area contributed by atoms with E-state index >= 15 is 0 Å². The number of rotatable bonds is 11. The Morgan fingerprint density at radius 2 is 1.79 bits per heavy atom. The monoisotopic (exact) mass is 804 g/mol. The second kappa shape index (κ2) is 16.6. The lowest BCUT2D eigenvalue weighted by Crippen LogP contribution is -2.52. The maximum Gasteiger partial charge on any atom is 0.255 e. The molecule has 6 amide bonds. The molecular weight excluding hydrogens is 760 g/mol. The minimum atomic E-state index is -0.675. The van der Waals surface area contributed by atoms with Gasteiger partial charge in [-0.2, -0.15) is 0 Å². The molecule has 4 aliphatic heterocycles. The molecule has 1 unspecified atom stereocenters. The number of nitrogens with zero attached hydrogens (tertiary/aromatic N) is 5. The first kappa shape index (κ1) is 39.0. The van der Waals surface area contributed by atoms with Crippen LogP contribution in [0.5, 0.6) is 0 Å². The Kier molecular flexibility index (Phi) is 11.2. The second-order valence-corrected chi connectivity index (χ2v) is 16.1. The van der Waals surface area contributed by atoms with E-state index in [4.69, 9.17) is 11.6 Å². The van der Waals surface area contributed by atoms with Crippen molar-refractivity contribution in [1.82, 2.24) is 30.4 Å². The van der Waals surface area contributed by atoms with Gasteiger partial charge in [0.1, 0.15) is 24.0 Å². The lowest BCUT2D eigenvalue weighted by atomic mass is 9.94. The molecular formula is C43H45ClN8O6. The van der Waals surface area contributed by atoms with E-state index in [0.29, 0.717) is 61.6 Å². The topological polar surface area (TPSA) is 174 Å². The van der Waals surface area contributed by atoms with Gasteiger partial charge in [-0.1, -0.05) is 55.0 Å². The van der Waals surface area contributed by atoms with Crippen molar-refractivity contribution < 1.29 is 28.8 Å². The first-order valence-electron chi connectivity index (χ1n) is 20.1. The Bertz CT molecular complexity index is 2240. The molecule has 1 aliphatic carbocycles. The molecule has 5 aliphatic rings. The van der Waals surface area contributed by atoms with Crippen LogP contribution >= 0.6 is 11.6 Å². The van der Waals surface area contributed by atoms with Crippen molar-refractivity contribution in [3.8, 4) is 11.8 Å². The average molecular weight is 805 g/mol. The van der Waals surface area contributed by atoms with Crippen LogP contribution in [0.25, 0.3) is 0 Å². The Hall–Kier alpha value is -5.81. The van der Waals surface area contributed by atoms with Gasteiger partial charge in [-0.15, -0.1) is 0 Å². The predicted octanol–water partition coefficient (Wildman–Crippen LogP) is 4.03. The summed E-state index contributed by atoms with van der Waals surface area (Å²) in [4.78, 5) is 91.3.